The lowest BCUT2D eigenvalue weighted by atomic mass is 9.63. The monoisotopic (exact) mass is 451 g/mol. The van der Waals surface area contributed by atoms with Crippen LogP contribution in [0.4, 0.5) is 4.79 Å². The number of fused-ring (bicyclic) bond motifs is 1. The molecule has 1 aliphatic carbocycles. The van der Waals surface area contributed by atoms with E-state index in [0.29, 0.717) is 13.0 Å². The number of hydrogen-bond acceptors (Lipinski definition) is 6. The van der Waals surface area contributed by atoms with E-state index in [1.807, 2.05) is 20.8 Å². The molecule has 0 bridgehead atoms. The number of carbonyl (C=O) groups is 2. The molecule has 1 saturated carbocycles. The maximum Gasteiger partial charge on any atom is 0.457 e. The van der Waals surface area contributed by atoms with E-state index < -0.39 is 17.2 Å². The van der Waals surface area contributed by atoms with Gasteiger partial charge in [0.25, 0.3) is 0 Å². The fourth-order valence-corrected chi connectivity index (χ4v) is 6.15. The quantitative estimate of drug-likeness (QED) is 0.441. The van der Waals surface area contributed by atoms with Gasteiger partial charge >= 0.3 is 19.2 Å². The standard InChI is InChI=1S/C24H42BNO6/c1-17-16-26(19(28)30-20(2,3)4)24(18(27)29-9)14-10-12-23(17,24)13-11-15-25-31-21(5,6)22(7,8)32-25/h17H,10-16H2,1-9H3/t17?,23-,24-/m1/s1. The Morgan fingerprint density at radius 1 is 1.09 bits per heavy atom. The van der Waals surface area contributed by atoms with Gasteiger partial charge in [-0.25, -0.2) is 9.59 Å². The van der Waals surface area contributed by atoms with Crippen LogP contribution >= 0.6 is 0 Å². The minimum Gasteiger partial charge on any atom is -0.467 e. The summed E-state index contributed by atoms with van der Waals surface area (Å²) in [5.41, 5.74) is -2.64. The van der Waals surface area contributed by atoms with Crippen molar-refractivity contribution in [3.05, 3.63) is 0 Å². The van der Waals surface area contributed by atoms with E-state index in [0.717, 1.165) is 32.0 Å². The second-order valence-electron chi connectivity index (χ2n) is 11.9. The van der Waals surface area contributed by atoms with Crippen LogP contribution in [0.15, 0.2) is 0 Å². The number of rotatable bonds is 5. The molecular weight excluding hydrogens is 409 g/mol. The fourth-order valence-electron chi connectivity index (χ4n) is 6.15. The highest BCUT2D eigenvalue weighted by Gasteiger charge is 2.71. The van der Waals surface area contributed by atoms with Crippen LogP contribution in [-0.4, -0.2) is 60.1 Å². The summed E-state index contributed by atoms with van der Waals surface area (Å²) in [5.74, 6) is -0.157. The lowest BCUT2D eigenvalue weighted by Crippen LogP contribution is -2.60. The van der Waals surface area contributed by atoms with Gasteiger partial charge in [-0.3, -0.25) is 4.90 Å². The van der Waals surface area contributed by atoms with Gasteiger partial charge in [-0.2, -0.15) is 0 Å². The first-order valence-electron chi connectivity index (χ1n) is 12.1. The van der Waals surface area contributed by atoms with Crippen LogP contribution in [0.3, 0.4) is 0 Å². The minimum absolute atomic E-state index is 0.162. The summed E-state index contributed by atoms with van der Waals surface area (Å²) in [6, 6.07) is 0. The van der Waals surface area contributed by atoms with Crippen molar-refractivity contribution in [2.45, 2.75) is 116 Å². The number of amides is 1. The highest BCUT2D eigenvalue weighted by molar-refractivity contribution is 6.45. The molecule has 3 atom stereocenters. The van der Waals surface area contributed by atoms with E-state index in [2.05, 4.69) is 34.6 Å². The van der Waals surface area contributed by atoms with E-state index >= 15 is 0 Å². The molecule has 7 nitrogen and oxygen atoms in total. The minimum atomic E-state index is -0.973. The Labute approximate surface area is 194 Å². The van der Waals surface area contributed by atoms with Crippen molar-refractivity contribution < 1.29 is 28.4 Å². The van der Waals surface area contributed by atoms with Gasteiger partial charge in [0.1, 0.15) is 11.1 Å². The number of carbonyl (C=O) groups excluding carboxylic acids is 2. The largest absolute Gasteiger partial charge is 0.467 e. The Hall–Kier alpha value is -1.28. The zero-order chi connectivity index (χ0) is 24.2. The molecule has 0 N–H and O–H groups in total. The van der Waals surface area contributed by atoms with Gasteiger partial charge in [0.2, 0.25) is 0 Å². The Balaban J connectivity index is 1.82. The molecule has 1 amide bonds. The molecule has 1 unspecified atom stereocenters. The number of hydrogen-bond donors (Lipinski definition) is 0. The molecular formula is C24H42BNO6. The third kappa shape index (κ3) is 3.95. The van der Waals surface area contributed by atoms with E-state index in [9.17, 15) is 9.59 Å². The van der Waals surface area contributed by atoms with Crippen molar-refractivity contribution in [2.75, 3.05) is 13.7 Å². The highest BCUT2D eigenvalue weighted by atomic mass is 16.7. The Morgan fingerprint density at radius 2 is 1.69 bits per heavy atom. The number of likely N-dealkylation sites (tertiary alicyclic amines) is 1. The average Bonchev–Trinajstić information content (AvgIpc) is 3.20. The van der Waals surface area contributed by atoms with Crippen LogP contribution in [0, 0.1) is 11.3 Å². The van der Waals surface area contributed by atoms with Crippen molar-refractivity contribution >= 4 is 19.2 Å². The Morgan fingerprint density at radius 3 is 2.22 bits per heavy atom. The summed E-state index contributed by atoms with van der Waals surface area (Å²) >= 11 is 0. The second-order valence-corrected chi connectivity index (χ2v) is 11.9. The van der Waals surface area contributed by atoms with Gasteiger partial charge < -0.3 is 18.8 Å². The predicted molar refractivity (Wildman–Crippen MR) is 123 cm³/mol. The van der Waals surface area contributed by atoms with Crippen molar-refractivity contribution in [2.24, 2.45) is 11.3 Å². The van der Waals surface area contributed by atoms with Crippen molar-refractivity contribution in [1.29, 1.82) is 0 Å². The Bertz CT molecular complexity index is 731. The second kappa shape index (κ2) is 8.19. The molecule has 2 saturated heterocycles. The zero-order valence-corrected chi connectivity index (χ0v) is 21.5. The smallest absolute Gasteiger partial charge is 0.457 e. The highest BCUT2D eigenvalue weighted by Crippen LogP contribution is 2.62. The van der Waals surface area contributed by atoms with E-state index in [1.54, 1.807) is 4.90 Å². The van der Waals surface area contributed by atoms with Crippen LogP contribution < -0.4 is 0 Å². The summed E-state index contributed by atoms with van der Waals surface area (Å²) in [4.78, 5) is 28.2. The van der Waals surface area contributed by atoms with Gasteiger partial charge in [-0.1, -0.05) is 13.3 Å². The molecule has 0 radical (unpaired) electrons. The maximum atomic E-state index is 13.3. The van der Waals surface area contributed by atoms with E-state index in [1.165, 1.54) is 7.11 Å². The molecule has 3 rings (SSSR count). The molecule has 32 heavy (non-hydrogen) atoms. The van der Waals surface area contributed by atoms with Gasteiger partial charge in [0.05, 0.1) is 18.3 Å². The van der Waals surface area contributed by atoms with Crippen molar-refractivity contribution in [1.82, 2.24) is 4.90 Å². The Kier molecular flexibility index (Phi) is 6.49. The van der Waals surface area contributed by atoms with Crippen LogP contribution in [0.1, 0.15) is 87.5 Å². The third-order valence-corrected chi connectivity index (χ3v) is 8.35. The average molecular weight is 451 g/mol. The number of methoxy groups -OCH3 is 1. The molecule has 3 aliphatic rings. The molecule has 3 fully saturated rings. The number of ether oxygens (including phenoxy) is 2. The lowest BCUT2D eigenvalue weighted by molar-refractivity contribution is -0.159. The first-order valence-corrected chi connectivity index (χ1v) is 12.1. The normalized spacial score (nSPS) is 33.3. The summed E-state index contributed by atoms with van der Waals surface area (Å²) in [6.07, 6.45) is 4.38. The maximum absolute atomic E-state index is 13.3. The summed E-state index contributed by atoms with van der Waals surface area (Å²) < 4.78 is 23.4. The summed E-state index contributed by atoms with van der Waals surface area (Å²) in [5, 5.41) is 0. The molecule has 8 heteroatoms. The van der Waals surface area contributed by atoms with Gasteiger partial charge in [0, 0.05) is 12.0 Å². The number of nitrogens with zero attached hydrogens (tertiary/aromatic N) is 1. The van der Waals surface area contributed by atoms with Crippen molar-refractivity contribution in [3.63, 3.8) is 0 Å². The summed E-state index contributed by atoms with van der Waals surface area (Å²) in [6.45, 7) is 16.4. The molecule has 0 aromatic rings. The molecule has 2 heterocycles. The van der Waals surface area contributed by atoms with Crippen LogP contribution in [0.5, 0.6) is 0 Å². The van der Waals surface area contributed by atoms with Gasteiger partial charge in [0.15, 0.2) is 0 Å². The SMILES string of the molecule is COC(=O)[C@]12CCC[C@@]1(CCCB1OC(C)(C)C(C)(C)O1)C(C)CN2C(=O)OC(C)(C)C. The van der Waals surface area contributed by atoms with Gasteiger partial charge in [-0.15, -0.1) is 0 Å². The van der Waals surface area contributed by atoms with Crippen LogP contribution in [0.2, 0.25) is 6.32 Å². The van der Waals surface area contributed by atoms with Crippen LogP contribution in [-0.2, 0) is 23.6 Å². The lowest BCUT2D eigenvalue weighted by Gasteiger charge is -2.44. The first kappa shape index (κ1) is 25.3. The third-order valence-electron chi connectivity index (χ3n) is 8.35. The number of esters is 1. The molecule has 0 aromatic carbocycles. The van der Waals surface area contributed by atoms with Gasteiger partial charge in [-0.05, 0) is 86.4 Å². The van der Waals surface area contributed by atoms with Crippen LogP contribution in [0.25, 0.3) is 0 Å². The molecule has 0 spiro atoms. The summed E-state index contributed by atoms with van der Waals surface area (Å²) in [7, 11) is 1.16. The zero-order valence-electron chi connectivity index (χ0n) is 21.5. The molecule has 182 valence electrons. The predicted octanol–water partition coefficient (Wildman–Crippen LogP) is 4.83. The topological polar surface area (TPSA) is 74.3 Å². The van der Waals surface area contributed by atoms with E-state index in [-0.39, 0.29) is 35.6 Å². The van der Waals surface area contributed by atoms with E-state index in [4.69, 9.17) is 18.8 Å². The van der Waals surface area contributed by atoms with Crippen molar-refractivity contribution in [3.8, 4) is 0 Å². The molecule has 2 aliphatic heterocycles. The fraction of sp³-hybridized carbons (Fsp3) is 0.917. The molecule has 0 aromatic heterocycles. The first-order chi connectivity index (χ1) is 14.6.